The van der Waals surface area contributed by atoms with E-state index in [1.54, 1.807) is 12.1 Å². The number of hydrogen-bond donors (Lipinski definition) is 2. The molecule has 0 fully saturated rings. The Morgan fingerprint density at radius 3 is 2.39 bits per heavy atom. The van der Waals surface area contributed by atoms with Crippen molar-refractivity contribution in [3.8, 4) is 5.75 Å². The Morgan fingerprint density at radius 2 is 1.68 bits per heavy atom. The van der Waals surface area contributed by atoms with Crippen LogP contribution in [-0.4, -0.2) is 11.8 Å². The fourth-order valence-electron chi connectivity index (χ4n) is 3.19. The van der Waals surface area contributed by atoms with Gasteiger partial charge >= 0.3 is 0 Å². The fourth-order valence-corrected chi connectivity index (χ4v) is 3.19. The van der Waals surface area contributed by atoms with Crippen molar-refractivity contribution in [2.24, 2.45) is 0 Å². The number of aryl methyl sites for hydroxylation is 1. The van der Waals surface area contributed by atoms with Crippen molar-refractivity contribution in [1.29, 1.82) is 0 Å². The molecule has 0 bridgehead atoms. The molecule has 5 nitrogen and oxygen atoms in total. The van der Waals surface area contributed by atoms with Crippen LogP contribution >= 0.6 is 0 Å². The minimum Gasteiger partial charge on any atom is -0.486 e. The van der Waals surface area contributed by atoms with Crippen molar-refractivity contribution in [3.63, 3.8) is 0 Å². The molecular weight excluding hydrogens is 388 g/mol. The van der Waals surface area contributed by atoms with Crippen molar-refractivity contribution in [2.75, 3.05) is 10.6 Å². The topological polar surface area (TPSA) is 67.4 Å². The predicted molar refractivity (Wildman–Crippen MR) is 124 cm³/mol. The molecule has 3 aromatic carbocycles. The van der Waals surface area contributed by atoms with Gasteiger partial charge in [-0.15, -0.1) is 0 Å². The number of ether oxygens (including phenoxy) is 1. The second-order valence-electron chi connectivity index (χ2n) is 7.22. The second kappa shape index (κ2) is 10.3. The van der Waals surface area contributed by atoms with Gasteiger partial charge in [-0.25, -0.2) is 0 Å². The van der Waals surface area contributed by atoms with Crippen LogP contribution < -0.4 is 15.4 Å². The molecule has 0 aliphatic rings. The second-order valence-corrected chi connectivity index (χ2v) is 7.22. The Kier molecular flexibility index (Phi) is 7.22. The van der Waals surface area contributed by atoms with Crippen LogP contribution in [0.25, 0.3) is 0 Å². The minimum absolute atomic E-state index is 0.0803. The maximum atomic E-state index is 12.6. The van der Waals surface area contributed by atoms with Gasteiger partial charge < -0.3 is 15.4 Å². The van der Waals surface area contributed by atoms with Gasteiger partial charge in [-0.2, -0.15) is 0 Å². The van der Waals surface area contributed by atoms with Gasteiger partial charge in [-0.05, 0) is 60.9 Å². The summed E-state index contributed by atoms with van der Waals surface area (Å²) in [6, 6.07) is 22.8. The highest BCUT2D eigenvalue weighted by molar-refractivity contribution is 6.00. The van der Waals surface area contributed by atoms with Crippen LogP contribution in [0, 0.1) is 6.92 Å². The van der Waals surface area contributed by atoms with Crippen molar-refractivity contribution in [1.82, 2.24) is 0 Å². The summed E-state index contributed by atoms with van der Waals surface area (Å²) in [4.78, 5) is 24.2. The molecular formula is C26H26N2O3. The van der Waals surface area contributed by atoms with Gasteiger partial charge in [-0.1, -0.05) is 55.1 Å². The lowest BCUT2D eigenvalue weighted by Crippen LogP contribution is -2.17. The first kappa shape index (κ1) is 21.8. The molecule has 158 valence electrons. The third kappa shape index (κ3) is 6.06. The van der Waals surface area contributed by atoms with Crippen molar-refractivity contribution < 1.29 is 14.3 Å². The zero-order chi connectivity index (χ0) is 22.2. The summed E-state index contributed by atoms with van der Waals surface area (Å²) in [5.74, 6) is 0.253. The van der Waals surface area contributed by atoms with Gasteiger partial charge in [0.15, 0.2) is 0 Å². The van der Waals surface area contributed by atoms with E-state index in [-0.39, 0.29) is 24.3 Å². The number of hydrogen-bond acceptors (Lipinski definition) is 3. The average molecular weight is 415 g/mol. The zero-order valence-electron chi connectivity index (χ0n) is 17.7. The van der Waals surface area contributed by atoms with Gasteiger partial charge in [-0.3, -0.25) is 9.59 Å². The average Bonchev–Trinajstić information content (AvgIpc) is 2.77. The van der Waals surface area contributed by atoms with E-state index >= 15 is 0 Å². The number of carbonyl (C=O) groups is 2. The maximum absolute atomic E-state index is 12.6. The van der Waals surface area contributed by atoms with E-state index in [1.807, 2.05) is 74.5 Å². The van der Waals surface area contributed by atoms with Crippen LogP contribution in [0.3, 0.4) is 0 Å². The third-order valence-corrected chi connectivity index (χ3v) is 4.87. The Bertz CT molecular complexity index is 1080. The summed E-state index contributed by atoms with van der Waals surface area (Å²) in [7, 11) is 0. The molecule has 0 saturated carbocycles. The highest BCUT2D eigenvalue weighted by Gasteiger charge is 2.12. The number of rotatable bonds is 8. The molecule has 2 amide bonds. The van der Waals surface area contributed by atoms with Crippen LogP contribution in [0.5, 0.6) is 5.75 Å². The van der Waals surface area contributed by atoms with Gasteiger partial charge in [0, 0.05) is 11.4 Å². The summed E-state index contributed by atoms with van der Waals surface area (Å²) < 4.78 is 6.04. The van der Waals surface area contributed by atoms with Gasteiger partial charge in [0.05, 0.1) is 6.42 Å². The minimum atomic E-state index is -0.316. The first-order valence-corrected chi connectivity index (χ1v) is 10.1. The number of nitrogens with one attached hydrogen (secondary N) is 2. The standard InChI is InChI=1S/C26H26N2O3/c1-4-25(29)28-24-13-9-8-12-21(24)17-26(30)27-23-15-14-22(16-18(23)2)31-19(3)20-10-6-5-7-11-20/h4-16,19H,1,17H2,2-3H3,(H,27,30)(H,28,29). The molecule has 2 N–H and O–H groups in total. The smallest absolute Gasteiger partial charge is 0.247 e. The number of anilines is 2. The summed E-state index contributed by atoms with van der Waals surface area (Å²) in [5.41, 5.74) is 4.04. The van der Waals surface area contributed by atoms with Crippen LogP contribution in [0.15, 0.2) is 85.5 Å². The summed E-state index contributed by atoms with van der Waals surface area (Å²) >= 11 is 0. The lowest BCUT2D eigenvalue weighted by molar-refractivity contribution is -0.115. The van der Waals surface area contributed by atoms with E-state index in [4.69, 9.17) is 4.74 Å². The normalized spacial score (nSPS) is 11.3. The van der Waals surface area contributed by atoms with E-state index in [0.29, 0.717) is 5.69 Å². The first-order valence-electron chi connectivity index (χ1n) is 10.1. The molecule has 5 heteroatoms. The van der Waals surface area contributed by atoms with Crippen molar-refractivity contribution in [3.05, 3.63) is 102 Å². The highest BCUT2D eigenvalue weighted by atomic mass is 16.5. The largest absolute Gasteiger partial charge is 0.486 e. The lowest BCUT2D eigenvalue weighted by Gasteiger charge is -2.17. The van der Waals surface area contributed by atoms with E-state index in [2.05, 4.69) is 17.2 Å². The predicted octanol–water partition coefficient (Wildman–Crippen LogP) is 5.44. The lowest BCUT2D eigenvalue weighted by atomic mass is 10.1. The van der Waals surface area contributed by atoms with Crippen LogP contribution in [0.2, 0.25) is 0 Å². The Labute approximate surface area is 182 Å². The van der Waals surface area contributed by atoms with Gasteiger partial charge in [0.1, 0.15) is 11.9 Å². The van der Waals surface area contributed by atoms with Gasteiger partial charge in [0.25, 0.3) is 0 Å². The van der Waals surface area contributed by atoms with E-state index in [1.165, 1.54) is 6.08 Å². The maximum Gasteiger partial charge on any atom is 0.247 e. The molecule has 0 saturated heterocycles. The summed E-state index contributed by atoms with van der Waals surface area (Å²) in [6.45, 7) is 7.38. The molecule has 0 radical (unpaired) electrons. The van der Waals surface area contributed by atoms with Crippen LogP contribution in [0.1, 0.15) is 29.7 Å². The zero-order valence-corrected chi connectivity index (χ0v) is 17.7. The number of carbonyl (C=O) groups excluding carboxylic acids is 2. The quantitative estimate of drug-likeness (QED) is 0.482. The van der Waals surface area contributed by atoms with E-state index in [9.17, 15) is 9.59 Å². The summed E-state index contributed by atoms with van der Waals surface area (Å²) in [5, 5.41) is 5.66. The monoisotopic (exact) mass is 414 g/mol. The van der Waals surface area contributed by atoms with Gasteiger partial charge in [0.2, 0.25) is 11.8 Å². The van der Waals surface area contributed by atoms with Crippen LogP contribution in [0.4, 0.5) is 11.4 Å². The number of para-hydroxylation sites is 1. The van der Waals surface area contributed by atoms with Crippen LogP contribution in [-0.2, 0) is 16.0 Å². The molecule has 0 aliphatic heterocycles. The fraction of sp³-hybridized carbons (Fsp3) is 0.154. The molecule has 1 atom stereocenters. The molecule has 3 aromatic rings. The summed E-state index contributed by atoms with van der Waals surface area (Å²) in [6.07, 6.45) is 1.25. The molecule has 0 spiro atoms. The highest BCUT2D eigenvalue weighted by Crippen LogP contribution is 2.26. The molecule has 0 heterocycles. The molecule has 31 heavy (non-hydrogen) atoms. The third-order valence-electron chi connectivity index (χ3n) is 4.87. The Morgan fingerprint density at radius 1 is 0.968 bits per heavy atom. The molecule has 0 aliphatic carbocycles. The van der Waals surface area contributed by atoms with E-state index in [0.717, 1.165) is 28.1 Å². The molecule has 3 rings (SSSR count). The first-order chi connectivity index (χ1) is 15.0. The Hall–Kier alpha value is -3.86. The van der Waals surface area contributed by atoms with Crippen molar-refractivity contribution in [2.45, 2.75) is 26.4 Å². The SMILES string of the molecule is C=CC(=O)Nc1ccccc1CC(=O)Nc1ccc(OC(C)c2ccccc2)cc1C. The van der Waals surface area contributed by atoms with E-state index < -0.39 is 0 Å². The molecule has 1 unspecified atom stereocenters. The number of benzene rings is 3. The Balaban J connectivity index is 1.65. The number of amides is 2. The van der Waals surface area contributed by atoms with Crippen molar-refractivity contribution >= 4 is 23.2 Å². The molecule has 0 aromatic heterocycles.